The van der Waals surface area contributed by atoms with Crippen molar-refractivity contribution in [3.05, 3.63) is 66.5 Å². The molecule has 2 aromatic carbocycles. The van der Waals surface area contributed by atoms with E-state index in [0.717, 1.165) is 0 Å². The average molecular weight is 451 g/mol. The molecule has 2 aromatic heterocycles. The predicted octanol–water partition coefficient (Wildman–Crippen LogP) is 2.22. The minimum atomic E-state index is -0.380. The van der Waals surface area contributed by atoms with Crippen molar-refractivity contribution < 1.29 is 18.3 Å². The Morgan fingerprint density at radius 2 is 1.76 bits per heavy atom. The molecule has 9 nitrogen and oxygen atoms in total. The largest absolute Gasteiger partial charge is 0.484 e. The maximum atomic E-state index is 13.6. The number of carbonyl (C=O) groups is 1. The second kappa shape index (κ2) is 8.77. The number of amides is 1. The SMILES string of the molecule is O=C(COc1ccc(F)cc1)N1CCN(c2ncnc3c2nnn3-c2cccc(F)c2)CC1. The number of aromatic nitrogens is 5. The van der Waals surface area contributed by atoms with E-state index in [0.29, 0.717) is 54.6 Å². The van der Waals surface area contributed by atoms with Crippen molar-refractivity contribution in [3.63, 3.8) is 0 Å². The lowest BCUT2D eigenvalue weighted by Crippen LogP contribution is -2.50. The lowest BCUT2D eigenvalue weighted by atomic mass is 10.3. The summed E-state index contributed by atoms with van der Waals surface area (Å²) in [6.07, 6.45) is 1.42. The molecule has 3 heterocycles. The van der Waals surface area contributed by atoms with Crippen LogP contribution in [0.4, 0.5) is 14.6 Å². The number of hydrogen-bond donors (Lipinski definition) is 0. The standard InChI is InChI=1S/C22H19F2N7O2/c23-15-4-6-18(7-5-15)33-13-19(32)29-8-10-30(11-9-29)21-20-22(26-14-25-21)31(28-27-20)17-3-1-2-16(24)12-17/h1-7,12,14H,8-11,13H2. The molecule has 1 aliphatic rings. The third-order valence-corrected chi connectivity index (χ3v) is 5.38. The Kier molecular flexibility index (Phi) is 5.51. The number of halogens is 2. The third-order valence-electron chi connectivity index (χ3n) is 5.38. The van der Waals surface area contributed by atoms with Gasteiger partial charge < -0.3 is 14.5 Å². The lowest BCUT2D eigenvalue weighted by molar-refractivity contribution is -0.133. The molecule has 0 unspecified atom stereocenters. The molecule has 0 saturated carbocycles. The molecule has 1 aliphatic heterocycles. The number of hydrogen-bond acceptors (Lipinski definition) is 7. The highest BCUT2D eigenvalue weighted by Crippen LogP contribution is 2.24. The van der Waals surface area contributed by atoms with Gasteiger partial charge in [-0.05, 0) is 42.5 Å². The summed E-state index contributed by atoms with van der Waals surface area (Å²) in [6, 6.07) is 11.6. The van der Waals surface area contributed by atoms with E-state index in [2.05, 4.69) is 20.3 Å². The molecule has 0 atom stereocenters. The van der Waals surface area contributed by atoms with E-state index in [-0.39, 0.29) is 24.1 Å². The van der Waals surface area contributed by atoms with Crippen LogP contribution in [0.3, 0.4) is 0 Å². The first-order chi connectivity index (χ1) is 16.1. The van der Waals surface area contributed by atoms with Gasteiger partial charge in [-0.1, -0.05) is 11.3 Å². The Morgan fingerprint density at radius 1 is 0.970 bits per heavy atom. The monoisotopic (exact) mass is 451 g/mol. The van der Waals surface area contributed by atoms with E-state index in [1.807, 2.05) is 4.90 Å². The molecule has 168 valence electrons. The molecule has 4 aromatic rings. The molecule has 0 aliphatic carbocycles. The fraction of sp³-hybridized carbons (Fsp3) is 0.227. The van der Waals surface area contributed by atoms with Crippen LogP contribution in [0, 0.1) is 11.6 Å². The van der Waals surface area contributed by atoms with Crippen LogP contribution in [0.2, 0.25) is 0 Å². The maximum Gasteiger partial charge on any atom is 0.260 e. The van der Waals surface area contributed by atoms with E-state index in [1.165, 1.54) is 47.4 Å². The zero-order valence-corrected chi connectivity index (χ0v) is 17.4. The van der Waals surface area contributed by atoms with E-state index >= 15 is 0 Å². The van der Waals surface area contributed by atoms with Crippen LogP contribution in [0.5, 0.6) is 5.75 Å². The maximum absolute atomic E-state index is 13.6. The Balaban J connectivity index is 1.26. The predicted molar refractivity (Wildman–Crippen MR) is 115 cm³/mol. The number of ether oxygens (including phenoxy) is 1. The number of anilines is 1. The smallest absolute Gasteiger partial charge is 0.260 e. The van der Waals surface area contributed by atoms with Crippen LogP contribution in [-0.4, -0.2) is 68.6 Å². The van der Waals surface area contributed by atoms with Gasteiger partial charge in [0.2, 0.25) is 0 Å². The first-order valence-electron chi connectivity index (χ1n) is 10.3. The summed E-state index contributed by atoms with van der Waals surface area (Å²) in [7, 11) is 0. The zero-order chi connectivity index (χ0) is 22.8. The quantitative estimate of drug-likeness (QED) is 0.460. The summed E-state index contributed by atoms with van der Waals surface area (Å²) < 4.78 is 33.6. The number of nitrogens with zero attached hydrogens (tertiary/aromatic N) is 7. The second-order valence-corrected chi connectivity index (χ2v) is 7.46. The Morgan fingerprint density at radius 3 is 2.52 bits per heavy atom. The van der Waals surface area contributed by atoms with Crippen LogP contribution in [0.25, 0.3) is 16.9 Å². The van der Waals surface area contributed by atoms with Gasteiger partial charge in [0.1, 0.15) is 23.7 Å². The van der Waals surface area contributed by atoms with Crippen molar-refractivity contribution in [2.45, 2.75) is 0 Å². The molecular formula is C22H19F2N7O2. The van der Waals surface area contributed by atoms with Crippen LogP contribution in [0.1, 0.15) is 0 Å². The van der Waals surface area contributed by atoms with E-state index in [1.54, 1.807) is 17.0 Å². The molecule has 0 radical (unpaired) electrons. The topological polar surface area (TPSA) is 89.3 Å². The fourth-order valence-electron chi connectivity index (χ4n) is 3.68. The summed E-state index contributed by atoms with van der Waals surface area (Å²) >= 11 is 0. The minimum absolute atomic E-state index is 0.120. The Hall–Kier alpha value is -4.15. The number of fused-ring (bicyclic) bond motifs is 1. The van der Waals surface area contributed by atoms with Crippen molar-refractivity contribution in [2.24, 2.45) is 0 Å². The summed E-state index contributed by atoms with van der Waals surface area (Å²) in [5.74, 6) is 0.156. The van der Waals surface area contributed by atoms with Gasteiger partial charge in [-0.25, -0.2) is 18.7 Å². The fourth-order valence-corrected chi connectivity index (χ4v) is 3.68. The summed E-state index contributed by atoms with van der Waals surface area (Å²) in [5, 5.41) is 8.35. The third kappa shape index (κ3) is 4.29. The number of carbonyl (C=O) groups excluding carboxylic acids is 1. The lowest BCUT2D eigenvalue weighted by Gasteiger charge is -2.35. The van der Waals surface area contributed by atoms with Crippen molar-refractivity contribution in [3.8, 4) is 11.4 Å². The minimum Gasteiger partial charge on any atom is -0.484 e. The van der Waals surface area contributed by atoms with Crippen molar-refractivity contribution in [1.82, 2.24) is 29.9 Å². The molecule has 1 fully saturated rings. The van der Waals surface area contributed by atoms with Crippen molar-refractivity contribution in [1.29, 1.82) is 0 Å². The molecule has 0 bridgehead atoms. The number of benzene rings is 2. The van der Waals surface area contributed by atoms with Crippen LogP contribution < -0.4 is 9.64 Å². The zero-order valence-electron chi connectivity index (χ0n) is 17.4. The first kappa shape index (κ1) is 20.7. The average Bonchev–Trinajstić information content (AvgIpc) is 3.28. The summed E-state index contributed by atoms with van der Waals surface area (Å²) in [4.78, 5) is 24.9. The Bertz CT molecular complexity index is 1290. The van der Waals surface area contributed by atoms with Gasteiger partial charge in [0.25, 0.3) is 5.91 Å². The molecule has 5 rings (SSSR count). The van der Waals surface area contributed by atoms with Crippen molar-refractivity contribution >= 4 is 22.9 Å². The van der Waals surface area contributed by atoms with E-state index in [4.69, 9.17) is 4.74 Å². The molecule has 33 heavy (non-hydrogen) atoms. The first-order valence-corrected chi connectivity index (χ1v) is 10.3. The molecule has 0 N–H and O–H groups in total. The molecular weight excluding hydrogens is 432 g/mol. The second-order valence-electron chi connectivity index (χ2n) is 7.46. The van der Waals surface area contributed by atoms with Gasteiger partial charge in [-0.3, -0.25) is 4.79 Å². The van der Waals surface area contributed by atoms with Crippen LogP contribution >= 0.6 is 0 Å². The normalized spacial score (nSPS) is 14.0. The Labute approximate surface area is 187 Å². The van der Waals surface area contributed by atoms with E-state index in [9.17, 15) is 13.6 Å². The van der Waals surface area contributed by atoms with Gasteiger partial charge in [0.15, 0.2) is 23.6 Å². The highest BCUT2D eigenvalue weighted by atomic mass is 19.1. The van der Waals surface area contributed by atoms with E-state index < -0.39 is 0 Å². The summed E-state index contributed by atoms with van der Waals surface area (Å²) in [5.41, 5.74) is 1.48. The molecule has 11 heteroatoms. The number of rotatable bonds is 5. The van der Waals surface area contributed by atoms with Crippen LogP contribution in [-0.2, 0) is 4.79 Å². The van der Waals surface area contributed by atoms with Crippen molar-refractivity contribution in [2.75, 3.05) is 37.7 Å². The highest BCUT2D eigenvalue weighted by Gasteiger charge is 2.25. The molecule has 0 spiro atoms. The summed E-state index contributed by atoms with van der Waals surface area (Å²) in [6.45, 7) is 1.93. The van der Waals surface area contributed by atoms with Gasteiger partial charge in [-0.15, -0.1) is 5.10 Å². The van der Waals surface area contributed by atoms with Crippen LogP contribution in [0.15, 0.2) is 54.9 Å². The van der Waals surface area contributed by atoms with Gasteiger partial charge in [0.05, 0.1) is 5.69 Å². The van der Waals surface area contributed by atoms with Gasteiger partial charge in [0, 0.05) is 26.2 Å². The molecule has 1 saturated heterocycles. The van der Waals surface area contributed by atoms with Gasteiger partial charge >= 0.3 is 0 Å². The van der Waals surface area contributed by atoms with Gasteiger partial charge in [-0.2, -0.15) is 4.68 Å². The number of piperazine rings is 1. The highest BCUT2D eigenvalue weighted by molar-refractivity contribution is 5.84. The molecule has 1 amide bonds.